The Bertz CT molecular complexity index is 392. The monoisotopic (exact) mass is 248 g/mol. The molecule has 1 rings (SSSR count). The van der Waals surface area contributed by atoms with Crippen molar-refractivity contribution in [1.82, 2.24) is 0 Å². The first kappa shape index (κ1) is 15.0. The third kappa shape index (κ3) is 3.02. The summed E-state index contributed by atoms with van der Waals surface area (Å²) in [7, 11) is -0.436. The van der Waals surface area contributed by atoms with Crippen LogP contribution in [0.3, 0.4) is 0 Å². The number of hydrogen-bond donors (Lipinski definition) is 1. The van der Waals surface area contributed by atoms with Crippen molar-refractivity contribution >= 4 is 13.3 Å². The van der Waals surface area contributed by atoms with Crippen LogP contribution in [0.15, 0.2) is 16.5 Å². The van der Waals surface area contributed by atoms with E-state index in [2.05, 4.69) is 10.9 Å². The maximum atomic E-state index is 5.91. The maximum Gasteiger partial charge on any atom is 0.496 e. The molecule has 0 aromatic heterocycles. The van der Waals surface area contributed by atoms with Crippen molar-refractivity contribution < 1.29 is 9.31 Å². The van der Waals surface area contributed by atoms with Crippen molar-refractivity contribution in [3.63, 3.8) is 0 Å². The van der Waals surface area contributed by atoms with E-state index in [1.165, 1.54) is 0 Å². The third-order valence-electron chi connectivity index (χ3n) is 3.41. The summed E-state index contributed by atoms with van der Waals surface area (Å²) in [4.78, 5) is 4.04. The zero-order valence-corrected chi connectivity index (χ0v) is 11.7. The summed E-state index contributed by atoms with van der Waals surface area (Å²) in [5, 5.41) is 0. The van der Waals surface area contributed by atoms with Crippen LogP contribution in [0.5, 0.6) is 0 Å². The molecule has 1 heterocycles. The molecular formula is C13H21BN2O2. The number of allylic oxidation sites excluding steroid dienone is 2. The summed E-state index contributed by atoms with van der Waals surface area (Å²) < 4.78 is 11.8. The molecular weight excluding hydrogens is 227 g/mol. The van der Waals surface area contributed by atoms with Gasteiger partial charge in [0.2, 0.25) is 0 Å². The average molecular weight is 248 g/mol. The van der Waals surface area contributed by atoms with Crippen LogP contribution in [0.2, 0.25) is 0 Å². The van der Waals surface area contributed by atoms with Gasteiger partial charge in [-0.05, 0) is 40.1 Å². The van der Waals surface area contributed by atoms with E-state index in [1.54, 1.807) is 6.21 Å². The first-order valence-electron chi connectivity index (χ1n) is 6.00. The zero-order chi connectivity index (χ0) is 14.0. The van der Waals surface area contributed by atoms with Gasteiger partial charge in [0.15, 0.2) is 6.17 Å². The first-order chi connectivity index (χ1) is 8.23. The van der Waals surface area contributed by atoms with Crippen LogP contribution >= 0.6 is 0 Å². The fraction of sp³-hybridized carbons (Fsp3) is 0.615. The molecule has 18 heavy (non-hydrogen) atoms. The van der Waals surface area contributed by atoms with Crippen LogP contribution in [-0.2, 0) is 9.31 Å². The number of aliphatic imine (C=N–C) groups is 1. The minimum absolute atomic E-state index is 0.367. The van der Waals surface area contributed by atoms with Crippen LogP contribution in [0, 0.1) is 12.3 Å². The summed E-state index contributed by atoms with van der Waals surface area (Å²) in [6, 6.07) is 0. The Labute approximate surface area is 110 Å². The van der Waals surface area contributed by atoms with Crippen molar-refractivity contribution in [1.29, 1.82) is 0 Å². The van der Waals surface area contributed by atoms with Crippen LogP contribution in [0.4, 0.5) is 0 Å². The highest BCUT2D eigenvalue weighted by Crippen LogP contribution is 2.38. The maximum absolute atomic E-state index is 5.91. The summed E-state index contributed by atoms with van der Waals surface area (Å²) in [5.74, 6) is 2.34. The topological polar surface area (TPSA) is 56.8 Å². The highest BCUT2D eigenvalue weighted by molar-refractivity contribution is 6.60. The van der Waals surface area contributed by atoms with E-state index in [1.807, 2.05) is 40.7 Å². The van der Waals surface area contributed by atoms with Gasteiger partial charge in [0, 0.05) is 6.21 Å². The first-order valence-corrected chi connectivity index (χ1v) is 6.00. The molecule has 0 aromatic carbocycles. The largest absolute Gasteiger partial charge is 0.496 e. The Morgan fingerprint density at radius 1 is 1.33 bits per heavy atom. The highest BCUT2D eigenvalue weighted by Gasteiger charge is 2.52. The SMILES string of the molecule is C#CC(N)/N=C\C(=C/C)B1OC(C)(C)C(C)(C)O1. The van der Waals surface area contributed by atoms with Gasteiger partial charge < -0.3 is 9.31 Å². The van der Waals surface area contributed by atoms with Crippen LogP contribution < -0.4 is 5.73 Å². The Morgan fingerprint density at radius 2 is 1.83 bits per heavy atom. The smallest absolute Gasteiger partial charge is 0.399 e. The van der Waals surface area contributed by atoms with Crippen molar-refractivity contribution in [2.45, 2.75) is 52.0 Å². The predicted octanol–water partition coefficient (Wildman–Crippen LogP) is 1.55. The van der Waals surface area contributed by atoms with E-state index in [0.717, 1.165) is 5.47 Å². The van der Waals surface area contributed by atoms with Crippen LogP contribution in [-0.4, -0.2) is 30.7 Å². The zero-order valence-electron chi connectivity index (χ0n) is 11.7. The van der Waals surface area contributed by atoms with Crippen molar-refractivity contribution in [3.8, 4) is 12.3 Å². The summed E-state index contributed by atoms with van der Waals surface area (Å²) >= 11 is 0. The molecule has 0 spiro atoms. The minimum atomic E-state index is -0.637. The lowest BCUT2D eigenvalue weighted by atomic mass is 9.79. The van der Waals surface area contributed by atoms with Gasteiger partial charge in [0.05, 0.1) is 11.2 Å². The lowest BCUT2D eigenvalue weighted by molar-refractivity contribution is 0.00578. The van der Waals surface area contributed by atoms with Gasteiger partial charge in [0.1, 0.15) is 0 Å². The number of hydrogen-bond acceptors (Lipinski definition) is 4. The molecule has 1 atom stereocenters. The quantitative estimate of drug-likeness (QED) is 0.468. The van der Waals surface area contributed by atoms with Gasteiger partial charge in [-0.2, -0.15) is 0 Å². The van der Waals surface area contributed by atoms with Gasteiger partial charge in [-0.3, -0.25) is 10.7 Å². The molecule has 4 nitrogen and oxygen atoms in total. The van der Waals surface area contributed by atoms with Gasteiger partial charge in [-0.15, -0.1) is 6.42 Å². The second kappa shape index (κ2) is 5.27. The molecule has 0 bridgehead atoms. The van der Waals surface area contributed by atoms with E-state index in [9.17, 15) is 0 Å². The lowest BCUT2D eigenvalue weighted by Crippen LogP contribution is -2.41. The second-order valence-electron chi connectivity index (χ2n) is 5.27. The second-order valence-corrected chi connectivity index (χ2v) is 5.27. The molecule has 0 radical (unpaired) electrons. The van der Waals surface area contributed by atoms with Crippen molar-refractivity contribution in [2.24, 2.45) is 10.7 Å². The summed E-state index contributed by atoms with van der Waals surface area (Å²) in [5.41, 5.74) is 5.62. The lowest BCUT2D eigenvalue weighted by Gasteiger charge is -2.32. The fourth-order valence-electron chi connectivity index (χ4n) is 1.46. The molecule has 1 unspecified atom stereocenters. The van der Waals surface area contributed by atoms with Gasteiger partial charge in [0.25, 0.3) is 0 Å². The van der Waals surface area contributed by atoms with Gasteiger partial charge in [-0.25, -0.2) is 0 Å². The molecule has 0 saturated carbocycles. The van der Waals surface area contributed by atoms with Crippen molar-refractivity contribution in [3.05, 3.63) is 11.5 Å². The molecule has 1 aliphatic heterocycles. The predicted molar refractivity (Wildman–Crippen MR) is 75.1 cm³/mol. The number of nitrogens with two attached hydrogens (primary N) is 1. The Morgan fingerprint density at radius 3 is 2.22 bits per heavy atom. The minimum Gasteiger partial charge on any atom is -0.399 e. The van der Waals surface area contributed by atoms with E-state index in [4.69, 9.17) is 21.5 Å². The summed E-state index contributed by atoms with van der Waals surface area (Å²) in [6.07, 6.45) is 8.03. The van der Waals surface area contributed by atoms with Gasteiger partial charge >= 0.3 is 7.12 Å². The molecule has 0 amide bonds. The van der Waals surface area contributed by atoms with Crippen LogP contribution in [0.1, 0.15) is 34.6 Å². The third-order valence-corrected chi connectivity index (χ3v) is 3.41. The molecule has 0 aromatic rings. The average Bonchev–Trinajstić information content (AvgIpc) is 2.48. The Kier molecular flexibility index (Phi) is 4.39. The van der Waals surface area contributed by atoms with E-state index in [0.29, 0.717) is 0 Å². The standard InChI is InChI=1S/C13H21BN2O2/c1-7-10(9-16-11(15)8-2)14-17-12(3,4)13(5,6)18-14/h2,7,9,11H,15H2,1,3-6H3/b10-7+,16-9-. The fourth-order valence-corrected chi connectivity index (χ4v) is 1.46. The number of rotatable bonds is 3. The molecule has 1 aliphatic rings. The highest BCUT2D eigenvalue weighted by atomic mass is 16.7. The summed E-state index contributed by atoms with van der Waals surface area (Å²) in [6.45, 7) is 9.91. The molecule has 2 N–H and O–H groups in total. The Hall–Kier alpha value is -1.09. The molecule has 0 aliphatic carbocycles. The molecule has 1 fully saturated rings. The van der Waals surface area contributed by atoms with Gasteiger partial charge in [-0.1, -0.05) is 12.0 Å². The number of terminal acetylenes is 1. The van der Waals surface area contributed by atoms with Crippen molar-refractivity contribution in [2.75, 3.05) is 0 Å². The normalized spacial score (nSPS) is 24.3. The molecule has 98 valence electrons. The number of nitrogens with zero attached hydrogens (tertiary/aromatic N) is 1. The molecule has 5 heteroatoms. The molecule has 1 saturated heterocycles. The van der Waals surface area contributed by atoms with E-state index < -0.39 is 13.3 Å². The van der Waals surface area contributed by atoms with E-state index in [-0.39, 0.29) is 11.2 Å². The Balaban J connectivity index is 2.83. The van der Waals surface area contributed by atoms with Crippen LogP contribution in [0.25, 0.3) is 0 Å². The van der Waals surface area contributed by atoms with E-state index >= 15 is 0 Å².